The maximum atomic E-state index is 12.8. The second-order valence-electron chi connectivity index (χ2n) is 3.19. The van der Waals surface area contributed by atoms with Crippen LogP contribution >= 0.6 is 11.3 Å². The van der Waals surface area contributed by atoms with E-state index in [4.69, 9.17) is 5.11 Å². The van der Waals surface area contributed by atoms with Crippen molar-refractivity contribution in [1.29, 1.82) is 0 Å². The molecule has 0 aliphatic carbocycles. The van der Waals surface area contributed by atoms with Crippen LogP contribution in [0.3, 0.4) is 0 Å². The van der Waals surface area contributed by atoms with E-state index in [2.05, 4.69) is 4.98 Å². The number of pyridine rings is 1. The van der Waals surface area contributed by atoms with Gasteiger partial charge < -0.3 is 5.11 Å². The lowest BCUT2D eigenvalue weighted by atomic mass is 10.2. The van der Waals surface area contributed by atoms with Crippen molar-refractivity contribution in [3.8, 4) is 10.4 Å². The summed E-state index contributed by atoms with van der Waals surface area (Å²) in [4.78, 5) is 5.84. The van der Waals surface area contributed by atoms with Gasteiger partial charge in [0.25, 0.3) is 0 Å². The molecule has 0 fully saturated rings. The lowest BCUT2D eigenvalue weighted by Gasteiger charge is -1.93. The first-order valence-electron chi connectivity index (χ1n) is 4.77. The van der Waals surface area contributed by atoms with Gasteiger partial charge in [-0.05, 0) is 24.3 Å². The average Bonchev–Trinajstić information content (AvgIpc) is 2.78. The third-order valence-electron chi connectivity index (χ3n) is 2.02. The molecule has 0 radical (unpaired) electrons. The van der Waals surface area contributed by atoms with Crippen molar-refractivity contribution in [3.05, 3.63) is 47.4 Å². The van der Waals surface area contributed by atoms with Crippen LogP contribution in [0.4, 0.5) is 4.39 Å². The van der Waals surface area contributed by atoms with Gasteiger partial charge in [-0.2, -0.15) is 0 Å². The molecule has 0 saturated heterocycles. The van der Waals surface area contributed by atoms with E-state index in [0.717, 1.165) is 15.3 Å². The molecule has 0 unspecified atom stereocenters. The van der Waals surface area contributed by atoms with Gasteiger partial charge in [-0.25, -0.2) is 4.39 Å². The summed E-state index contributed by atoms with van der Waals surface area (Å²) < 4.78 is 12.8. The molecule has 2 rings (SSSR count). The fourth-order valence-corrected chi connectivity index (χ4v) is 2.25. The van der Waals surface area contributed by atoms with Crippen molar-refractivity contribution in [2.24, 2.45) is 0 Å². The lowest BCUT2D eigenvalue weighted by molar-refractivity contribution is 0.300. The van der Waals surface area contributed by atoms with Crippen LogP contribution in [0, 0.1) is 0 Å². The van der Waals surface area contributed by atoms with Crippen molar-refractivity contribution in [2.75, 3.05) is 6.61 Å². The first kappa shape index (κ1) is 11.0. The summed E-state index contributed by atoms with van der Waals surface area (Å²) >= 11 is 1.46. The molecule has 0 aliphatic rings. The van der Waals surface area contributed by atoms with Crippen molar-refractivity contribution < 1.29 is 9.50 Å². The quantitative estimate of drug-likeness (QED) is 0.886. The Morgan fingerprint density at radius 3 is 3.00 bits per heavy atom. The van der Waals surface area contributed by atoms with E-state index in [0.29, 0.717) is 0 Å². The average molecular weight is 235 g/mol. The monoisotopic (exact) mass is 235 g/mol. The summed E-state index contributed by atoms with van der Waals surface area (Å²) in [5.74, 6) is -0.528. The summed E-state index contributed by atoms with van der Waals surface area (Å²) in [5, 5.41) is 8.57. The van der Waals surface area contributed by atoms with Crippen LogP contribution in [0.1, 0.15) is 4.88 Å². The zero-order chi connectivity index (χ0) is 11.4. The van der Waals surface area contributed by atoms with Crippen LogP contribution in [-0.4, -0.2) is 16.7 Å². The van der Waals surface area contributed by atoms with Crippen LogP contribution in [0.25, 0.3) is 16.5 Å². The van der Waals surface area contributed by atoms with E-state index < -0.39 is 12.4 Å². The number of aliphatic hydroxyl groups is 1. The third-order valence-corrected chi connectivity index (χ3v) is 3.10. The smallest absolute Gasteiger partial charge is 0.127 e. The van der Waals surface area contributed by atoms with Crippen LogP contribution in [-0.2, 0) is 0 Å². The van der Waals surface area contributed by atoms with Crippen molar-refractivity contribution in [2.45, 2.75) is 0 Å². The normalized spacial score (nSPS) is 11.8. The Labute approximate surface area is 96.7 Å². The second kappa shape index (κ2) is 5.01. The number of halogens is 1. The number of hydrogen-bond acceptors (Lipinski definition) is 3. The standard InChI is InChI=1S/C12H10FNOS/c13-10(8-15)6-11-3-4-12(16-11)9-2-1-5-14-7-9/h1-7,15H,8H2. The number of hydrogen-bond donors (Lipinski definition) is 1. The van der Waals surface area contributed by atoms with Crippen LogP contribution in [0.2, 0.25) is 0 Å². The maximum absolute atomic E-state index is 12.8. The Morgan fingerprint density at radius 1 is 1.44 bits per heavy atom. The van der Waals surface area contributed by atoms with Gasteiger partial charge in [-0.1, -0.05) is 6.07 Å². The number of nitrogens with zero attached hydrogens (tertiary/aromatic N) is 1. The molecule has 2 nitrogen and oxygen atoms in total. The minimum atomic E-state index is -0.555. The number of aromatic nitrogens is 1. The largest absolute Gasteiger partial charge is 0.389 e. The van der Waals surface area contributed by atoms with Gasteiger partial charge in [0.15, 0.2) is 0 Å². The van der Waals surface area contributed by atoms with E-state index in [1.54, 1.807) is 12.4 Å². The minimum absolute atomic E-state index is 0.528. The molecular formula is C12H10FNOS. The molecule has 4 heteroatoms. The van der Waals surface area contributed by atoms with Crippen LogP contribution in [0.15, 0.2) is 42.5 Å². The molecule has 0 bridgehead atoms. The van der Waals surface area contributed by atoms with Gasteiger partial charge in [-0.3, -0.25) is 4.98 Å². The zero-order valence-electron chi connectivity index (χ0n) is 8.43. The fourth-order valence-electron chi connectivity index (χ4n) is 1.29. The minimum Gasteiger partial charge on any atom is -0.389 e. The van der Waals surface area contributed by atoms with E-state index >= 15 is 0 Å². The van der Waals surface area contributed by atoms with Gasteiger partial charge in [0.2, 0.25) is 0 Å². The van der Waals surface area contributed by atoms with Gasteiger partial charge in [0, 0.05) is 27.7 Å². The van der Waals surface area contributed by atoms with E-state index in [1.165, 1.54) is 17.4 Å². The summed E-state index contributed by atoms with van der Waals surface area (Å²) in [6, 6.07) is 7.55. The summed E-state index contributed by atoms with van der Waals surface area (Å²) in [5.41, 5.74) is 1.01. The lowest BCUT2D eigenvalue weighted by Crippen LogP contribution is -1.79. The van der Waals surface area contributed by atoms with Gasteiger partial charge >= 0.3 is 0 Å². The van der Waals surface area contributed by atoms with E-state index in [1.807, 2.05) is 24.3 Å². The number of rotatable bonds is 3. The van der Waals surface area contributed by atoms with Gasteiger partial charge in [0.1, 0.15) is 5.83 Å². The molecule has 16 heavy (non-hydrogen) atoms. The molecule has 0 amide bonds. The van der Waals surface area contributed by atoms with E-state index in [-0.39, 0.29) is 0 Å². The van der Waals surface area contributed by atoms with Crippen molar-refractivity contribution >= 4 is 17.4 Å². The van der Waals surface area contributed by atoms with Crippen LogP contribution < -0.4 is 0 Å². The Hall–Kier alpha value is -1.52. The maximum Gasteiger partial charge on any atom is 0.127 e. The molecule has 0 saturated carbocycles. The molecule has 0 spiro atoms. The summed E-state index contributed by atoms with van der Waals surface area (Å²) in [6.07, 6.45) is 4.82. The highest BCUT2D eigenvalue weighted by molar-refractivity contribution is 7.16. The first-order chi connectivity index (χ1) is 7.79. The second-order valence-corrected chi connectivity index (χ2v) is 4.31. The predicted molar refractivity (Wildman–Crippen MR) is 63.7 cm³/mol. The molecule has 1 N–H and O–H groups in total. The summed E-state index contributed by atoms with van der Waals surface area (Å²) in [7, 11) is 0. The number of aliphatic hydroxyl groups excluding tert-OH is 1. The third kappa shape index (κ3) is 2.53. The molecule has 0 aliphatic heterocycles. The molecule has 82 valence electrons. The molecule has 2 aromatic rings. The molecular weight excluding hydrogens is 225 g/mol. The van der Waals surface area contributed by atoms with E-state index in [9.17, 15) is 4.39 Å². The van der Waals surface area contributed by atoms with Crippen molar-refractivity contribution in [3.63, 3.8) is 0 Å². The number of thiophene rings is 1. The predicted octanol–water partition coefficient (Wildman–Crippen LogP) is 3.11. The van der Waals surface area contributed by atoms with Gasteiger partial charge in [0.05, 0.1) is 6.61 Å². The summed E-state index contributed by atoms with van der Waals surface area (Å²) in [6.45, 7) is -0.555. The highest BCUT2D eigenvalue weighted by atomic mass is 32.1. The Morgan fingerprint density at radius 2 is 2.31 bits per heavy atom. The SMILES string of the molecule is OCC(F)=Cc1ccc(-c2cccnc2)s1. The topological polar surface area (TPSA) is 33.1 Å². The first-order valence-corrected chi connectivity index (χ1v) is 5.58. The molecule has 2 heterocycles. The van der Waals surface area contributed by atoms with Crippen LogP contribution in [0.5, 0.6) is 0 Å². The van der Waals surface area contributed by atoms with Crippen molar-refractivity contribution in [1.82, 2.24) is 4.98 Å². The fraction of sp³-hybridized carbons (Fsp3) is 0.0833. The molecule has 2 aromatic heterocycles. The van der Waals surface area contributed by atoms with Gasteiger partial charge in [-0.15, -0.1) is 11.3 Å². The Bertz CT molecular complexity index is 493. The highest BCUT2D eigenvalue weighted by Gasteiger charge is 2.02. The molecule has 0 atom stereocenters. The molecule has 0 aromatic carbocycles. The highest BCUT2D eigenvalue weighted by Crippen LogP contribution is 2.28. The Kier molecular flexibility index (Phi) is 3.44. The zero-order valence-corrected chi connectivity index (χ0v) is 9.25. The Balaban J connectivity index is 2.27.